The van der Waals surface area contributed by atoms with Crippen LogP contribution in [0.4, 0.5) is 4.39 Å². The molecule has 1 aliphatic heterocycles. The topological polar surface area (TPSA) is 67.5 Å². The van der Waals surface area contributed by atoms with Gasteiger partial charge < -0.3 is 14.4 Å². The molecular weight excluding hydrogens is 409 g/mol. The molecule has 1 aromatic heterocycles. The second-order valence-corrected chi connectivity index (χ2v) is 8.04. The molecule has 0 saturated heterocycles. The normalized spacial score (nSPS) is 12.9. The summed E-state index contributed by atoms with van der Waals surface area (Å²) in [4.78, 5) is 14.5. The third-order valence-electron chi connectivity index (χ3n) is 5.53. The number of hydrogen-bond donors (Lipinski definition) is 1. The lowest BCUT2D eigenvalue weighted by Crippen LogP contribution is -2.27. The Morgan fingerprint density at radius 1 is 1.06 bits per heavy atom. The molecule has 2 heterocycles. The van der Waals surface area contributed by atoms with Crippen LogP contribution in [0.25, 0.3) is 11.3 Å². The van der Waals surface area contributed by atoms with Crippen LogP contribution in [-0.2, 0) is 6.42 Å². The fourth-order valence-electron chi connectivity index (χ4n) is 3.74. The van der Waals surface area contributed by atoms with Gasteiger partial charge in [0.25, 0.3) is 5.91 Å². The number of carbonyl (C=O) groups excluding carboxylic acids is 1. The summed E-state index contributed by atoms with van der Waals surface area (Å²) < 4.78 is 24.7. The number of benzene rings is 2. The lowest BCUT2D eigenvalue weighted by atomic mass is 10.1. The van der Waals surface area contributed by atoms with Gasteiger partial charge in [-0.15, -0.1) is 0 Å². The summed E-state index contributed by atoms with van der Waals surface area (Å²) in [5.41, 5.74) is 3.15. The smallest absolute Gasteiger partial charge is 0.253 e. The molecule has 168 valence electrons. The Morgan fingerprint density at radius 2 is 1.91 bits per heavy atom. The number of nitrogens with one attached hydrogen (secondary N) is 1. The van der Waals surface area contributed by atoms with Gasteiger partial charge in [-0.05, 0) is 55.7 Å². The van der Waals surface area contributed by atoms with Gasteiger partial charge in [-0.25, -0.2) is 4.39 Å². The largest absolute Gasteiger partial charge is 0.490 e. The first-order valence-corrected chi connectivity index (χ1v) is 11.1. The predicted octanol–water partition coefficient (Wildman–Crippen LogP) is 4.86. The molecule has 0 aliphatic carbocycles. The second kappa shape index (κ2) is 10.3. The standard InChI is InChI=1S/C25H28FN3O3/c1-29(25(30)19-10-11-23-24(16-19)32-14-6-13-31-23)12-4-2-3-9-21-17-22(28-27-21)18-7-5-8-20(26)15-18/h5,7-8,10-11,15-17H,2-4,6,9,12-14H2,1H3,(H,27,28). The summed E-state index contributed by atoms with van der Waals surface area (Å²) in [5, 5.41) is 7.32. The van der Waals surface area contributed by atoms with Crippen LogP contribution < -0.4 is 9.47 Å². The summed E-state index contributed by atoms with van der Waals surface area (Å²) in [6.07, 6.45) is 4.59. The number of aryl methyl sites for hydroxylation is 1. The van der Waals surface area contributed by atoms with E-state index in [1.54, 1.807) is 23.1 Å². The monoisotopic (exact) mass is 437 g/mol. The molecule has 1 aliphatic rings. The van der Waals surface area contributed by atoms with Crippen molar-refractivity contribution >= 4 is 5.91 Å². The zero-order chi connectivity index (χ0) is 22.3. The summed E-state index contributed by atoms with van der Waals surface area (Å²) in [6.45, 7) is 1.91. The number of ether oxygens (including phenoxy) is 2. The number of carbonyl (C=O) groups is 1. The zero-order valence-corrected chi connectivity index (χ0v) is 18.3. The molecule has 32 heavy (non-hydrogen) atoms. The highest BCUT2D eigenvalue weighted by atomic mass is 19.1. The van der Waals surface area contributed by atoms with Crippen molar-refractivity contribution in [2.45, 2.75) is 32.1 Å². The maximum absolute atomic E-state index is 13.4. The maximum atomic E-state index is 13.4. The highest BCUT2D eigenvalue weighted by Gasteiger charge is 2.16. The van der Waals surface area contributed by atoms with Gasteiger partial charge in [0, 0.05) is 36.8 Å². The number of H-pyrrole nitrogens is 1. The van der Waals surface area contributed by atoms with Crippen molar-refractivity contribution in [3.05, 3.63) is 65.6 Å². The van der Waals surface area contributed by atoms with E-state index in [1.807, 2.05) is 25.2 Å². The Hall–Kier alpha value is -3.35. The molecule has 3 aromatic rings. The van der Waals surface area contributed by atoms with Crippen LogP contribution in [-0.4, -0.2) is 47.8 Å². The molecule has 0 fully saturated rings. The van der Waals surface area contributed by atoms with Crippen LogP contribution in [0.3, 0.4) is 0 Å². The van der Waals surface area contributed by atoms with Gasteiger partial charge in [0.15, 0.2) is 11.5 Å². The molecule has 7 heteroatoms. The van der Waals surface area contributed by atoms with Crippen LogP contribution >= 0.6 is 0 Å². The van der Waals surface area contributed by atoms with Crippen LogP contribution in [0.5, 0.6) is 11.5 Å². The van der Waals surface area contributed by atoms with Crippen molar-refractivity contribution in [2.75, 3.05) is 26.8 Å². The van der Waals surface area contributed by atoms with Crippen LogP contribution in [0.2, 0.25) is 0 Å². The van der Waals surface area contributed by atoms with Crippen molar-refractivity contribution in [3.63, 3.8) is 0 Å². The van der Waals surface area contributed by atoms with Crippen LogP contribution in [0.1, 0.15) is 41.7 Å². The van der Waals surface area contributed by atoms with Gasteiger partial charge in [0.2, 0.25) is 0 Å². The van der Waals surface area contributed by atoms with E-state index >= 15 is 0 Å². The Balaban J connectivity index is 1.21. The first-order chi connectivity index (χ1) is 15.6. The van der Waals surface area contributed by atoms with Crippen molar-refractivity contribution in [3.8, 4) is 22.8 Å². The molecule has 2 aromatic carbocycles. The number of fused-ring (bicyclic) bond motifs is 1. The fourth-order valence-corrected chi connectivity index (χ4v) is 3.74. The lowest BCUT2D eigenvalue weighted by Gasteiger charge is -2.18. The third kappa shape index (κ3) is 5.46. The van der Waals surface area contributed by atoms with Gasteiger partial charge in [0.1, 0.15) is 5.82 Å². The Kier molecular flexibility index (Phi) is 7.04. The lowest BCUT2D eigenvalue weighted by molar-refractivity contribution is 0.0792. The molecule has 6 nitrogen and oxygen atoms in total. The minimum absolute atomic E-state index is 0.0195. The van der Waals surface area contributed by atoms with Crippen molar-refractivity contribution < 1.29 is 18.7 Å². The first-order valence-electron chi connectivity index (χ1n) is 11.1. The second-order valence-electron chi connectivity index (χ2n) is 8.04. The number of nitrogens with zero attached hydrogens (tertiary/aromatic N) is 2. The third-order valence-corrected chi connectivity index (χ3v) is 5.53. The maximum Gasteiger partial charge on any atom is 0.253 e. The average molecular weight is 438 g/mol. The summed E-state index contributed by atoms with van der Waals surface area (Å²) in [6, 6.07) is 13.8. The van der Waals surface area contributed by atoms with Crippen LogP contribution in [0, 0.1) is 5.82 Å². The van der Waals surface area contributed by atoms with Gasteiger partial charge in [-0.3, -0.25) is 9.89 Å². The minimum Gasteiger partial charge on any atom is -0.490 e. The SMILES string of the molecule is CN(CCCCCc1cc(-c2cccc(F)c2)n[nH]1)C(=O)c1ccc2c(c1)OCCCO2. The first kappa shape index (κ1) is 21.9. The highest BCUT2D eigenvalue weighted by molar-refractivity contribution is 5.94. The number of amides is 1. The quantitative estimate of drug-likeness (QED) is 0.511. The van der Waals surface area contributed by atoms with E-state index in [0.717, 1.165) is 49.1 Å². The molecular formula is C25H28FN3O3. The number of unbranched alkanes of at least 4 members (excludes halogenated alkanes) is 2. The average Bonchev–Trinajstić information content (AvgIpc) is 3.15. The molecule has 0 saturated carbocycles. The Bertz CT molecular complexity index is 1070. The Labute approximate surface area is 187 Å². The predicted molar refractivity (Wildman–Crippen MR) is 121 cm³/mol. The molecule has 0 atom stereocenters. The summed E-state index contributed by atoms with van der Waals surface area (Å²) in [5.74, 6) is 1.05. The molecule has 4 rings (SSSR count). The van der Waals surface area contributed by atoms with Crippen molar-refractivity contribution in [2.24, 2.45) is 0 Å². The number of aromatic amines is 1. The van der Waals surface area contributed by atoms with Crippen molar-refractivity contribution in [1.82, 2.24) is 15.1 Å². The fraction of sp³-hybridized carbons (Fsp3) is 0.360. The van der Waals surface area contributed by atoms with Crippen LogP contribution in [0.15, 0.2) is 48.5 Å². The molecule has 0 unspecified atom stereocenters. The number of halogens is 1. The van der Waals surface area contributed by atoms with E-state index in [-0.39, 0.29) is 11.7 Å². The van der Waals surface area contributed by atoms with E-state index in [9.17, 15) is 9.18 Å². The molecule has 1 N–H and O–H groups in total. The van der Waals surface area contributed by atoms with Gasteiger partial charge in [-0.1, -0.05) is 18.6 Å². The Morgan fingerprint density at radius 3 is 2.75 bits per heavy atom. The van der Waals surface area contributed by atoms with Gasteiger partial charge >= 0.3 is 0 Å². The van der Waals surface area contributed by atoms with E-state index in [2.05, 4.69) is 10.2 Å². The highest BCUT2D eigenvalue weighted by Crippen LogP contribution is 2.30. The number of aromatic nitrogens is 2. The number of rotatable bonds is 8. The van der Waals surface area contributed by atoms with E-state index in [1.165, 1.54) is 12.1 Å². The molecule has 1 amide bonds. The zero-order valence-electron chi connectivity index (χ0n) is 18.3. The molecule has 0 bridgehead atoms. The van der Waals surface area contributed by atoms with Gasteiger partial charge in [-0.2, -0.15) is 5.10 Å². The number of hydrogen-bond acceptors (Lipinski definition) is 4. The van der Waals surface area contributed by atoms with Gasteiger partial charge in [0.05, 0.1) is 18.9 Å². The molecule has 0 spiro atoms. The molecule has 0 radical (unpaired) electrons. The van der Waals surface area contributed by atoms with E-state index in [4.69, 9.17) is 9.47 Å². The van der Waals surface area contributed by atoms with E-state index < -0.39 is 0 Å². The minimum atomic E-state index is -0.266. The van der Waals surface area contributed by atoms with Crippen molar-refractivity contribution in [1.29, 1.82) is 0 Å². The summed E-state index contributed by atoms with van der Waals surface area (Å²) in [7, 11) is 1.82. The van der Waals surface area contributed by atoms with E-state index in [0.29, 0.717) is 36.8 Å². The summed E-state index contributed by atoms with van der Waals surface area (Å²) >= 11 is 0.